The van der Waals surface area contributed by atoms with Gasteiger partial charge in [0.2, 0.25) is 0 Å². The Labute approximate surface area is 141 Å². The maximum atomic E-state index is 12.7. The van der Waals surface area contributed by atoms with Crippen LogP contribution in [0.15, 0.2) is 53.5 Å². The standard InChI is InChI=1S/C19H20N2OS/c1-14-5-3-7-16(11-14)13-23-19-20-9-10-21(19)18(22)17-8-4-6-15(2)12-17/h3-8,11-12H,9-10,13H2,1-2H3. The fourth-order valence-corrected chi connectivity index (χ4v) is 3.61. The molecule has 118 valence electrons. The van der Waals surface area contributed by atoms with Gasteiger partial charge in [-0.15, -0.1) is 0 Å². The summed E-state index contributed by atoms with van der Waals surface area (Å²) < 4.78 is 0. The number of amides is 1. The van der Waals surface area contributed by atoms with E-state index in [2.05, 4.69) is 36.2 Å². The van der Waals surface area contributed by atoms with Crippen molar-refractivity contribution in [1.82, 2.24) is 4.90 Å². The van der Waals surface area contributed by atoms with Crippen molar-refractivity contribution >= 4 is 22.8 Å². The quantitative estimate of drug-likeness (QED) is 0.853. The first-order valence-corrected chi connectivity index (χ1v) is 8.73. The summed E-state index contributed by atoms with van der Waals surface area (Å²) in [5, 5.41) is 0.831. The summed E-state index contributed by atoms with van der Waals surface area (Å²) in [6, 6.07) is 16.2. The summed E-state index contributed by atoms with van der Waals surface area (Å²) in [4.78, 5) is 19.0. The van der Waals surface area contributed by atoms with Crippen molar-refractivity contribution < 1.29 is 4.79 Å². The van der Waals surface area contributed by atoms with Crippen LogP contribution in [0.25, 0.3) is 0 Å². The maximum Gasteiger partial charge on any atom is 0.259 e. The molecule has 2 aromatic rings. The highest BCUT2D eigenvalue weighted by molar-refractivity contribution is 8.13. The number of benzene rings is 2. The molecule has 0 spiro atoms. The van der Waals surface area contributed by atoms with Gasteiger partial charge in [0, 0.05) is 17.9 Å². The Morgan fingerprint density at radius 3 is 2.61 bits per heavy atom. The molecular formula is C19H20N2OS. The SMILES string of the molecule is Cc1cccc(CSC2=NCCN2C(=O)c2cccc(C)c2)c1. The first-order chi connectivity index (χ1) is 11.1. The number of aliphatic imine (C=N–C) groups is 1. The lowest BCUT2D eigenvalue weighted by molar-refractivity contribution is 0.0860. The predicted molar refractivity (Wildman–Crippen MR) is 97.0 cm³/mol. The molecule has 1 amide bonds. The normalized spacial score (nSPS) is 14.0. The summed E-state index contributed by atoms with van der Waals surface area (Å²) in [7, 11) is 0. The van der Waals surface area contributed by atoms with E-state index in [1.54, 1.807) is 16.7 Å². The van der Waals surface area contributed by atoms with Crippen LogP contribution in [0.1, 0.15) is 27.0 Å². The molecule has 0 radical (unpaired) electrons. The molecule has 4 heteroatoms. The molecule has 0 bridgehead atoms. The maximum absolute atomic E-state index is 12.7. The highest BCUT2D eigenvalue weighted by atomic mass is 32.2. The molecule has 1 aliphatic heterocycles. The van der Waals surface area contributed by atoms with Gasteiger partial charge in [0.15, 0.2) is 5.17 Å². The molecule has 0 aromatic heterocycles. The summed E-state index contributed by atoms with van der Waals surface area (Å²) in [5.74, 6) is 0.875. The van der Waals surface area contributed by atoms with Crippen molar-refractivity contribution in [3.05, 3.63) is 70.8 Å². The van der Waals surface area contributed by atoms with Gasteiger partial charge in [-0.3, -0.25) is 14.7 Å². The second kappa shape index (κ2) is 7.01. The third-order valence-corrected chi connectivity index (χ3v) is 4.85. The predicted octanol–water partition coefficient (Wildman–Crippen LogP) is 4.05. The molecule has 3 nitrogen and oxygen atoms in total. The van der Waals surface area contributed by atoms with Crippen LogP contribution >= 0.6 is 11.8 Å². The highest BCUT2D eigenvalue weighted by Gasteiger charge is 2.25. The number of amidine groups is 1. The molecule has 0 atom stereocenters. The zero-order chi connectivity index (χ0) is 16.2. The van der Waals surface area contributed by atoms with Gasteiger partial charge < -0.3 is 0 Å². The van der Waals surface area contributed by atoms with Crippen LogP contribution in [0.2, 0.25) is 0 Å². The molecule has 1 aliphatic rings. The minimum Gasteiger partial charge on any atom is -0.286 e. The van der Waals surface area contributed by atoms with E-state index in [0.29, 0.717) is 13.1 Å². The first kappa shape index (κ1) is 15.8. The molecule has 0 N–H and O–H groups in total. The Bertz CT molecular complexity index is 755. The molecule has 0 aliphatic carbocycles. The number of rotatable bonds is 3. The van der Waals surface area contributed by atoms with Crippen LogP contribution in [0.4, 0.5) is 0 Å². The lowest BCUT2D eigenvalue weighted by Gasteiger charge is -2.18. The molecule has 0 unspecified atom stereocenters. The van der Waals surface area contributed by atoms with E-state index in [9.17, 15) is 4.79 Å². The minimum atomic E-state index is 0.0432. The molecule has 1 heterocycles. The average molecular weight is 324 g/mol. The van der Waals surface area contributed by atoms with Gasteiger partial charge in [-0.25, -0.2) is 0 Å². The second-order valence-corrected chi connectivity index (χ2v) is 6.71. The van der Waals surface area contributed by atoms with E-state index in [1.807, 2.05) is 31.2 Å². The number of aryl methyl sites for hydroxylation is 2. The summed E-state index contributed by atoms with van der Waals surface area (Å²) in [5.41, 5.74) is 4.34. The van der Waals surface area contributed by atoms with Gasteiger partial charge in [0.25, 0.3) is 5.91 Å². The van der Waals surface area contributed by atoms with E-state index in [0.717, 1.165) is 22.0 Å². The number of hydrogen-bond donors (Lipinski definition) is 0. The topological polar surface area (TPSA) is 32.7 Å². The molecule has 0 fully saturated rings. The van der Waals surface area contributed by atoms with Gasteiger partial charge in [-0.1, -0.05) is 59.3 Å². The van der Waals surface area contributed by atoms with E-state index in [1.165, 1.54) is 11.1 Å². The van der Waals surface area contributed by atoms with Crippen LogP contribution in [-0.2, 0) is 5.75 Å². The Morgan fingerprint density at radius 1 is 1.13 bits per heavy atom. The smallest absolute Gasteiger partial charge is 0.259 e. The number of carbonyl (C=O) groups is 1. The largest absolute Gasteiger partial charge is 0.286 e. The molecule has 2 aromatic carbocycles. The van der Waals surface area contributed by atoms with E-state index >= 15 is 0 Å². The first-order valence-electron chi connectivity index (χ1n) is 7.75. The number of thioether (sulfide) groups is 1. The zero-order valence-corrected chi connectivity index (χ0v) is 14.3. The molecule has 23 heavy (non-hydrogen) atoms. The van der Waals surface area contributed by atoms with Gasteiger partial charge in [-0.2, -0.15) is 0 Å². The number of carbonyl (C=O) groups excluding carboxylic acids is 1. The van der Waals surface area contributed by atoms with Crippen LogP contribution in [-0.4, -0.2) is 29.1 Å². The molecule has 0 saturated heterocycles. The fourth-order valence-electron chi connectivity index (χ4n) is 2.62. The number of nitrogens with zero attached hydrogens (tertiary/aromatic N) is 2. The van der Waals surface area contributed by atoms with Gasteiger partial charge in [-0.05, 0) is 31.5 Å². The van der Waals surface area contributed by atoms with Crippen molar-refractivity contribution in [3.8, 4) is 0 Å². The fraction of sp³-hybridized carbons (Fsp3) is 0.263. The molecule has 3 rings (SSSR count). The lowest BCUT2D eigenvalue weighted by Crippen LogP contribution is -2.32. The Morgan fingerprint density at radius 2 is 1.87 bits per heavy atom. The number of hydrogen-bond acceptors (Lipinski definition) is 3. The van der Waals surface area contributed by atoms with Crippen LogP contribution < -0.4 is 0 Å². The lowest BCUT2D eigenvalue weighted by atomic mass is 10.1. The Hall–Kier alpha value is -2.07. The van der Waals surface area contributed by atoms with Gasteiger partial charge in [0.1, 0.15) is 0 Å². The summed E-state index contributed by atoms with van der Waals surface area (Å²) >= 11 is 1.64. The van der Waals surface area contributed by atoms with E-state index in [-0.39, 0.29) is 5.91 Å². The molecule has 0 saturated carbocycles. The monoisotopic (exact) mass is 324 g/mol. The average Bonchev–Trinajstić information content (AvgIpc) is 3.01. The second-order valence-electron chi connectivity index (χ2n) is 5.77. The van der Waals surface area contributed by atoms with Crippen molar-refractivity contribution in [2.24, 2.45) is 4.99 Å². The van der Waals surface area contributed by atoms with Gasteiger partial charge in [0.05, 0.1) is 6.54 Å². The van der Waals surface area contributed by atoms with Crippen molar-refractivity contribution in [2.45, 2.75) is 19.6 Å². The summed E-state index contributed by atoms with van der Waals surface area (Å²) in [6.45, 7) is 5.45. The van der Waals surface area contributed by atoms with Crippen molar-refractivity contribution in [2.75, 3.05) is 13.1 Å². The van der Waals surface area contributed by atoms with E-state index in [4.69, 9.17) is 0 Å². The van der Waals surface area contributed by atoms with Crippen LogP contribution in [0, 0.1) is 13.8 Å². The highest BCUT2D eigenvalue weighted by Crippen LogP contribution is 2.22. The third kappa shape index (κ3) is 3.82. The van der Waals surface area contributed by atoms with E-state index < -0.39 is 0 Å². The summed E-state index contributed by atoms with van der Waals surface area (Å²) in [6.07, 6.45) is 0. The molecular weight excluding hydrogens is 304 g/mol. The van der Waals surface area contributed by atoms with Crippen molar-refractivity contribution in [1.29, 1.82) is 0 Å². The van der Waals surface area contributed by atoms with Crippen LogP contribution in [0.5, 0.6) is 0 Å². The minimum absolute atomic E-state index is 0.0432. The Balaban J connectivity index is 1.69. The third-order valence-electron chi connectivity index (χ3n) is 3.76. The van der Waals surface area contributed by atoms with Crippen LogP contribution in [0.3, 0.4) is 0 Å². The Kier molecular flexibility index (Phi) is 4.82. The van der Waals surface area contributed by atoms with Crippen molar-refractivity contribution in [3.63, 3.8) is 0 Å². The van der Waals surface area contributed by atoms with Gasteiger partial charge >= 0.3 is 0 Å². The zero-order valence-electron chi connectivity index (χ0n) is 13.5.